The highest BCUT2D eigenvalue weighted by atomic mass is 19.1. The van der Waals surface area contributed by atoms with Gasteiger partial charge in [-0.1, -0.05) is 0 Å². The number of benzene rings is 1. The molecule has 0 bridgehead atoms. The molecule has 3 rings (SSSR count). The molecule has 1 spiro atoms. The number of carbonyl (C=O) groups excluding carboxylic acids is 1. The fourth-order valence-electron chi connectivity index (χ4n) is 2.86. The predicted octanol–water partition coefficient (Wildman–Crippen LogP) is 2.24. The highest BCUT2D eigenvalue weighted by molar-refractivity contribution is 5.94. The number of hydrogen-bond acceptors (Lipinski definition) is 3. The quantitative estimate of drug-likeness (QED) is 0.903. The zero-order valence-corrected chi connectivity index (χ0v) is 11.2. The lowest BCUT2D eigenvalue weighted by Crippen LogP contribution is -2.44. The van der Waals surface area contributed by atoms with Gasteiger partial charge in [0.25, 0.3) is 5.91 Å². The minimum absolute atomic E-state index is 0.131. The minimum atomic E-state index is -0.406. The Morgan fingerprint density at radius 1 is 1.15 bits per heavy atom. The summed E-state index contributed by atoms with van der Waals surface area (Å²) >= 11 is 0. The first kappa shape index (κ1) is 13.5. The van der Waals surface area contributed by atoms with Gasteiger partial charge >= 0.3 is 0 Å². The summed E-state index contributed by atoms with van der Waals surface area (Å²) in [5.74, 6) is -0.896. The number of halogens is 1. The van der Waals surface area contributed by atoms with E-state index in [-0.39, 0.29) is 17.8 Å². The van der Waals surface area contributed by atoms with Crippen LogP contribution in [0.1, 0.15) is 36.0 Å². The van der Waals surface area contributed by atoms with Crippen molar-refractivity contribution >= 4 is 5.91 Å². The van der Waals surface area contributed by atoms with Crippen LogP contribution in [0.15, 0.2) is 24.3 Å². The third-order valence-electron chi connectivity index (χ3n) is 4.00. The van der Waals surface area contributed by atoms with Crippen LogP contribution < -0.4 is 5.32 Å². The summed E-state index contributed by atoms with van der Waals surface area (Å²) in [6.45, 7) is 1.32. The zero-order chi connectivity index (χ0) is 14.0. The first-order valence-corrected chi connectivity index (χ1v) is 7.01. The Kier molecular flexibility index (Phi) is 3.72. The average Bonchev–Trinajstić information content (AvgIpc) is 2.91. The van der Waals surface area contributed by atoms with E-state index < -0.39 is 5.79 Å². The number of ether oxygens (including phenoxy) is 2. The maximum atomic E-state index is 12.8. The lowest BCUT2D eigenvalue weighted by Gasteiger charge is -2.35. The highest BCUT2D eigenvalue weighted by Crippen LogP contribution is 2.35. The maximum absolute atomic E-state index is 12.8. The van der Waals surface area contributed by atoms with E-state index in [1.807, 2.05) is 0 Å². The van der Waals surface area contributed by atoms with Crippen molar-refractivity contribution in [1.29, 1.82) is 0 Å². The van der Waals surface area contributed by atoms with Gasteiger partial charge in [-0.05, 0) is 37.1 Å². The van der Waals surface area contributed by atoms with Crippen molar-refractivity contribution in [3.05, 3.63) is 35.6 Å². The van der Waals surface area contributed by atoms with E-state index in [4.69, 9.17) is 9.47 Å². The average molecular weight is 279 g/mol. The van der Waals surface area contributed by atoms with E-state index in [0.717, 1.165) is 25.7 Å². The molecule has 4 nitrogen and oxygen atoms in total. The highest BCUT2D eigenvalue weighted by Gasteiger charge is 2.40. The van der Waals surface area contributed by atoms with Crippen molar-refractivity contribution in [1.82, 2.24) is 5.32 Å². The van der Waals surface area contributed by atoms with E-state index in [9.17, 15) is 9.18 Å². The topological polar surface area (TPSA) is 47.6 Å². The second-order valence-electron chi connectivity index (χ2n) is 5.36. The first-order valence-electron chi connectivity index (χ1n) is 7.01. The summed E-state index contributed by atoms with van der Waals surface area (Å²) in [4.78, 5) is 12.0. The van der Waals surface area contributed by atoms with Gasteiger partial charge in [0, 0.05) is 24.4 Å². The number of nitrogens with one attached hydrogen (secondary N) is 1. The van der Waals surface area contributed by atoms with Crippen molar-refractivity contribution < 1.29 is 18.7 Å². The van der Waals surface area contributed by atoms with E-state index in [0.29, 0.717) is 18.8 Å². The van der Waals surface area contributed by atoms with Crippen molar-refractivity contribution in [2.45, 2.75) is 37.5 Å². The fraction of sp³-hybridized carbons (Fsp3) is 0.533. The number of amides is 1. The molecule has 1 aromatic rings. The van der Waals surface area contributed by atoms with Gasteiger partial charge in [-0.25, -0.2) is 4.39 Å². The molecular weight excluding hydrogens is 261 g/mol. The van der Waals surface area contributed by atoms with E-state index in [1.165, 1.54) is 24.3 Å². The molecule has 1 N–H and O–H groups in total. The summed E-state index contributed by atoms with van der Waals surface area (Å²) in [5.41, 5.74) is 0.486. The fourth-order valence-corrected chi connectivity index (χ4v) is 2.86. The predicted molar refractivity (Wildman–Crippen MR) is 70.8 cm³/mol. The van der Waals surface area contributed by atoms with Crippen molar-refractivity contribution in [3.8, 4) is 0 Å². The molecule has 0 radical (unpaired) electrons. The molecule has 2 aliphatic rings. The normalized spacial score (nSPS) is 22.1. The molecule has 2 fully saturated rings. The smallest absolute Gasteiger partial charge is 0.251 e. The molecule has 1 saturated carbocycles. The Balaban J connectivity index is 1.54. The molecule has 1 aliphatic heterocycles. The lowest BCUT2D eigenvalue weighted by molar-refractivity contribution is -0.179. The maximum Gasteiger partial charge on any atom is 0.251 e. The number of hydrogen-bond donors (Lipinski definition) is 1. The number of carbonyl (C=O) groups is 1. The van der Waals surface area contributed by atoms with Gasteiger partial charge in [0.15, 0.2) is 5.79 Å². The van der Waals surface area contributed by atoms with Crippen LogP contribution in [0.2, 0.25) is 0 Å². The largest absolute Gasteiger partial charge is 0.349 e. The molecular formula is C15H18FNO3. The van der Waals surface area contributed by atoms with Crippen LogP contribution in [0.25, 0.3) is 0 Å². The SMILES string of the molecule is O=C(NC1CCC2(CC1)OCCO2)c1ccc(F)cc1. The van der Waals surface area contributed by atoms with Gasteiger partial charge in [-0.2, -0.15) is 0 Å². The second-order valence-corrected chi connectivity index (χ2v) is 5.36. The molecule has 108 valence electrons. The summed E-state index contributed by atoms with van der Waals surface area (Å²) in [5, 5.41) is 2.99. The Morgan fingerprint density at radius 2 is 1.75 bits per heavy atom. The summed E-state index contributed by atoms with van der Waals surface area (Å²) in [7, 11) is 0. The van der Waals surface area contributed by atoms with Crippen molar-refractivity contribution in [2.75, 3.05) is 13.2 Å². The van der Waals surface area contributed by atoms with Gasteiger partial charge in [0.2, 0.25) is 0 Å². The Labute approximate surface area is 117 Å². The van der Waals surface area contributed by atoms with Crippen LogP contribution in [-0.4, -0.2) is 30.9 Å². The molecule has 20 heavy (non-hydrogen) atoms. The van der Waals surface area contributed by atoms with Gasteiger partial charge in [0.05, 0.1) is 13.2 Å². The first-order chi connectivity index (χ1) is 9.67. The van der Waals surface area contributed by atoms with E-state index >= 15 is 0 Å². The third kappa shape index (κ3) is 2.83. The molecule has 1 saturated heterocycles. The molecule has 0 unspecified atom stereocenters. The Bertz CT molecular complexity index is 472. The van der Waals surface area contributed by atoms with Crippen LogP contribution in [0.4, 0.5) is 4.39 Å². The van der Waals surface area contributed by atoms with Gasteiger partial charge in [0.1, 0.15) is 5.82 Å². The van der Waals surface area contributed by atoms with Gasteiger partial charge in [-0.3, -0.25) is 4.79 Å². The monoisotopic (exact) mass is 279 g/mol. The van der Waals surface area contributed by atoms with E-state index in [2.05, 4.69) is 5.32 Å². The standard InChI is InChI=1S/C15H18FNO3/c16-12-3-1-11(2-4-12)14(18)17-13-5-7-15(8-6-13)19-9-10-20-15/h1-4,13H,5-10H2,(H,17,18). The Morgan fingerprint density at radius 3 is 2.35 bits per heavy atom. The van der Waals surface area contributed by atoms with E-state index in [1.54, 1.807) is 0 Å². The Hall–Kier alpha value is -1.46. The molecule has 5 heteroatoms. The minimum Gasteiger partial charge on any atom is -0.349 e. The third-order valence-corrected chi connectivity index (χ3v) is 4.00. The summed E-state index contributed by atoms with van der Waals surface area (Å²) < 4.78 is 24.1. The van der Waals surface area contributed by atoms with Crippen LogP contribution in [-0.2, 0) is 9.47 Å². The molecule has 0 atom stereocenters. The summed E-state index contributed by atoms with van der Waals surface area (Å²) in [6.07, 6.45) is 3.29. The van der Waals surface area contributed by atoms with Crippen LogP contribution >= 0.6 is 0 Å². The van der Waals surface area contributed by atoms with Gasteiger partial charge < -0.3 is 14.8 Å². The number of rotatable bonds is 2. The van der Waals surface area contributed by atoms with Crippen molar-refractivity contribution in [3.63, 3.8) is 0 Å². The second kappa shape index (κ2) is 5.50. The van der Waals surface area contributed by atoms with Crippen LogP contribution in [0, 0.1) is 5.82 Å². The molecule has 1 amide bonds. The molecule has 0 aromatic heterocycles. The van der Waals surface area contributed by atoms with Crippen molar-refractivity contribution in [2.24, 2.45) is 0 Å². The van der Waals surface area contributed by atoms with Crippen LogP contribution in [0.5, 0.6) is 0 Å². The van der Waals surface area contributed by atoms with Crippen LogP contribution in [0.3, 0.4) is 0 Å². The molecule has 1 heterocycles. The zero-order valence-electron chi connectivity index (χ0n) is 11.2. The van der Waals surface area contributed by atoms with Gasteiger partial charge in [-0.15, -0.1) is 0 Å². The molecule has 1 aromatic carbocycles. The summed E-state index contributed by atoms with van der Waals surface area (Å²) in [6, 6.07) is 5.72. The molecule has 1 aliphatic carbocycles. The lowest BCUT2D eigenvalue weighted by atomic mass is 9.90.